The number of fused-ring (bicyclic) bond motifs is 3. The van der Waals surface area contributed by atoms with E-state index in [0.717, 1.165) is 16.6 Å². The fourth-order valence-electron chi connectivity index (χ4n) is 10.1. The summed E-state index contributed by atoms with van der Waals surface area (Å²) >= 11 is 0. The van der Waals surface area contributed by atoms with Crippen LogP contribution in [0, 0.1) is 28.7 Å². The van der Waals surface area contributed by atoms with Gasteiger partial charge >= 0.3 is 0 Å². The summed E-state index contributed by atoms with van der Waals surface area (Å²) in [7, 11) is -3.36. The Balaban J connectivity index is 1.87. The molecular weight excluding hydrogens is 477 g/mol. The van der Waals surface area contributed by atoms with Crippen molar-refractivity contribution < 1.29 is 0 Å². The van der Waals surface area contributed by atoms with Crippen LogP contribution in [-0.4, -0.2) is 16.1 Å². The van der Waals surface area contributed by atoms with Crippen molar-refractivity contribution in [1.82, 2.24) is 0 Å². The minimum atomic E-state index is -1.76. The minimum absolute atomic E-state index is 0.486. The van der Waals surface area contributed by atoms with Gasteiger partial charge in [0.1, 0.15) is 8.07 Å². The lowest BCUT2D eigenvalue weighted by atomic mass is 9.76. The lowest BCUT2D eigenvalue weighted by Crippen LogP contribution is -2.43. The van der Waals surface area contributed by atoms with Gasteiger partial charge in [0.2, 0.25) is 0 Å². The quantitative estimate of drug-likeness (QED) is 0.231. The largest absolute Gasteiger partial charge is 0.145 e. The van der Waals surface area contributed by atoms with Crippen LogP contribution >= 0.6 is 0 Å². The molecule has 0 amide bonds. The third-order valence-corrected chi connectivity index (χ3v) is 24.9. The van der Waals surface area contributed by atoms with Crippen LogP contribution in [0.5, 0.6) is 0 Å². The SMILES string of the molecule is CC(C)[Si](C#CC1C(/C=C/[Si](C(C)C)(C(C)C)C(C)C)[C@H]2c3ccccc3[C@@H]1C21CC1)(C(C)C)C(C)C. The Hall–Kier alpha value is -1.05. The molecule has 2 fully saturated rings. The summed E-state index contributed by atoms with van der Waals surface area (Å²) in [6, 6.07) is 9.51. The maximum absolute atomic E-state index is 4.22. The Kier molecular flexibility index (Phi) is 7.96. The Labute approximate surface area is 232 Å². The summed E-state index contributed by atoms with van der Waals surface area (Å²) in [4.78, 5) is 0. The van der Waals surface area contributed by atoms with Gasteiger partial charge in [0.05, 0.1) is 8.07 Å². The molecule has 2 unspecified atom stereocenters. The second kappa shape index (κ2) is 10.2. The van der Waals surface area contributed by atoms with Crippen LogP contribution in [0.15, 0.2) is 36.0 Å². The van der Waals surface area contributed by atoms with Crippen molar-refractivity contribution in [2.24, 2.45) is 17.3 Å². The monoisotopic (exact) mass is 532 g/mol. The highest BCUT2D eigenvalue weighted by atomic mass is 28.3. The van der Waals surface area contributed by atoms with E-state index in [0.29, 0.717) is 45.7 Å². The number of allylic oxidation sites excluding steroid dienone is 1. The van der Waals surface area contributed by atoms with E-state index < -0.39 is 16.1 Å². The molecule has 0 heterocycles. The van der Waals surface area contributed by atoms with Crippen molar-refractivity contribution in [3.63, 3.8) is 0 Å². The molecule has 1 aromatic rings. The average Bonchev–Trinajstić information content (AvgIpc) is 3.47. The van der Waals surface area contributed by atoms with E-state index in [1.54, 1.807) is 11.1 Å². The van der Waals surface area contributed by atoms with E-state index in [1.165, 1.54) is 12.8 Å². The van der Waals surface area contributed by atoms with Gasteiger partial charge in [-0.25, -0.2) is 0 Å². The summed E-state index contributed by atoms with van der Waals surface area (Å²) < 4.78 is 0. The summed E-state index contributed by atoms with van der Waals surface area (Å²) in [5.41, 5.74) is 15.2. The lowest BCUT2D eigenvalue weighted by Gasteiger charge is -2.41. The fourth-order valence-corrected chi connectivity index (χ4v) is 21.1. The number of hydrogen-bond donors (Lipinski definition) is 0. The van der Waals surface area contributed by atoms with E-state index >= 15 is 0 Å². The Bertz CT molecular complexity index is 1010. The molecule has 37 heavy (non-hydrogen) atoms. The van der Waals surface area contributed by atoms with E-state index in [2.05, 4.69) is 131 Å². The zero-order valence-electron chi connectivity index (χ0n) is 26.2. The third kappa shape index (κ3) is 4.21. The third-order valence-electron chi connectivity index (χ3n) is 11.8. The molecule has 0 radical (unpaired) electrons. The second-order valence-corrected chi connectivity index (χ2v) is 26.3. The summed E-state index contributed by atoms with van der Waals surface area (Å²) in [5.74, 6) is 6.57. The maximum atomic E-state index is 4.22. The van der Waals surface area contributed by atoms with Crippen LogP contribution in [0.1, 0.15) is 119 Å². The van der Waals surface area contributed by atoms with Crippen LogP contribution in [0.2, 0.25) is 33.2 Å². The van der Waals surface area contributed by atoms with Crippen LogP contribution in [0.4, 0.5) is 0 Å². The smallest absolute Gasteiger partial charge is 0.130 e. The second-order valence-electron chi connectivity index (χ2n) is 14.9. The maximum Gasteiger partial charge on any atom is 0.145 e. The Morgan fingerprint density at radius 2 is 1.16 bits per heavy atom. The first-order chi connectivity index (χ1) is 17.3. The molecule has 1 aromatic carbocycles. The fraction of sp³-hybridized carbons (Fsp3) is 0.714. The highest BCUT2D eigenvalue weighted by Gasteiger charge is 2.70. The summed E-state index contributed by atoms with van der Waals surface area (Å²) in [5, 5.41) is 0. The van der Waals surface area contributed by atoms with E-state index in [4.69, 9.17) is 0 Å². The van der Waals surface area contributed by atoms with E-state index in [9.17, 15) is 0 Å². The van der Waals surface area contributed by atoms with Gasteiger partial charge in [0.25, 0.3) is 0 Å². The topological polar surface area (TPSA) is 0 Å². The molecule has 0 nitrogen and oxygen atoms in total. The zero-order valence-corrected chi connectivity index (χ0v) is 28.2. The van der Waals surface area contributed by atoms with Crippen molar-refractivity contribution >= 4 is 16.1 Å². The molecule has 3 aliphatic carbocycles. The van der Waals surface area contributed by atoms with Gasteiger partial charge in [-0.2, -0.15) is 0 Å². The predicted molar refractivity (Wildman–Crippen MR) is 170 cm³/mol. The lowest BCUT2D eigenvalue weighted by molar-refractivity contribution is 0.441. The van der Waals surface area contributed by atoms with Crippen molar-refractivity contribution in [3.8, 4) is 11.5 Å². The average molecular weight is 533 g/mol. The molecule has 4 rings (SSSR count). The van der Waals surface area contributed by atoms with Gasteiger partial charge in [-0.05, 0) is 74.5 Å². The van der Waals surface area contributed by atoms with Gasteiger partial charge in [-0.3, -0.25) is 0 Å². The Morgan fingerprint density at radius 3 is 1.57 bits per heavy atom. The van der Waals surface area contributed by atoms with Crippen LogP contribution in [0.25, 0.3) is 0 Å². The molecule has 0 aliphatic heterocycles. The number of benzene rings is 1. The molecule has 2 saturated carbocycles. The van der Waals surface area contributed by atoms with Gasteiger partial charge in [0, 0.05) is 11.8 Å². The first-order valence-corrected chi connectivity index (χ1v) is 20.1. The van der Waals surface area contributed by atoms with E-state index in [-0.39, 0.29) is 0 Å². The number of rotatable bonds is 8. The van der Waals surface area contributed by atoms with Crippen LogP contribution in [0.3, 0.4) is 0 Å². The van der Waals surface area contributed by atoms with Gasteiger partial charge < -0.3 is 0 Å². The van der Waals surface area contributed by atoms with Crippen molar-refractivity contribution in [2.75, 3.05) is 0 Å². The highest BCUT2D eigenvalue weighted by molar-refractivity contribution is 6.90. The molecule has 0 saturated heterocycles. The molecule has 1 spiro atoms. The summed E-state index contributed by atoms with van der Waals surface area (Å²) in [6.45, 7) is 29.8. The van der Waals surface area contributed by atoms with Crippen LogP contribution < -0.4 is 0 Å². The summed E-state index contributed by atoms with van der Waals surface area (Å²) in [6.07, 6.45) is 5.58. The molecule has 0 N–H and O–H groups in total. The minimum Gasteiger partial charge on any atom is -0.130 e. The van der Waals surface area contributed by atoms with Crippen molar-refractivity contribution in [3.05, 3.63) is 47.2 Å². The number of hydrogen-bond acceptors (Lipinski definition) is 0. The Morgan fingerprint density at radius 1 is 0.703 bits per heavy atom. The van der Waals surface area contributed by atoms with E-state index in [1.807, 2.05) is 0 Å². The standard InChI is InChI=1S/C35H56Si2/c1-23(2)36(24(3)4,25(5)6)21-17-31-32(18-22-37(26(7)8,27(9)10)28(11)12)34-30-16-14-13-15-29(30)33(31)35(34)19-20-35/h13-17,21,23-28,31-34H,19-20H2,1-12H3/b21-17+/t31?,32?,33-,34+/m1/s1. The first kappa shape index (κ1) is 28.9. The van der Waals surface area contributed by atoms with Crippen LogP contribution in [-0.2, 0) is 0 Å². The predicted octanol–water partition coefficient (Wildman–Crippen LogP) is 10.9. The molecule has 3 aliphatic rings. The highest BCUT2D eigenvalue weighted by Crippen LogP contribution is 2.79. The van der Waals surface area contributed by atoms with Crippen molar-refractivity contribution in [2.45, 2.75) is 141 Å². The molecular formula is C35H56Si2. The molecule has 2 heteroatoms. The molecule has 0 aromatic heterocycles. The zero-order chi connectivity index (χ0) is 27.5. The first-order valence-electron chi connectivity index (χ1n) is 15.6. The van der Waals surface area contributed by atoms with Crippen molar-refractivity contribution in [1.29, 1.82) is 0 Å². The van der Waals surface area contributed by atoms with Gasteiger partial charge in [-0.1, -0.05) is 119 Å². The normalized spacial score (nSPS) is 26.4. The molecule has 204 valence electrons. The molecule has 4 atom stereocenters. The molecule has 2 bridgehead atoms. The van der Waals surface area contributed by atoms with Gasteiger partial charge in [0.15, 0.2) is 0 Å². The van der Waals surface area contributed by atoms with Gasteiger partial charge in [-0.15, -0.1) is 11.5 Å².